The van der Waals surface area contributed by atoms with Crippen LogP contribution in [0.5, 0.6) is 5.75 Å². The Morgan fingerprint density at radius 2 is 1.10 bits per heavy atom. The molecule has 2 heterocycles. The molecule has 0 radical (unpaired) electrons. The van der Waals surface area contributed by atoms with Gasteiger partial charge in [-0.05, 0) is 101 Å². The normalized spacial score (nSPS) is 19.3. The quantitative estimate of drug-likeness (QED) is 0.175. The summed E-state index contributed by atoms with van der Waals surface area (Å²) in [6.07, 6.45) is 1.31. The SMILES string of the molecule is [2H]c1c(-c2nc3c(-c4[c-]c(-c5cc(-c6ccc(C(C)(C)C)cc6)c(C([2H])([2H])[2H])cn5)cc(C(C)(C)C)c4)cccc3n2-c2c(C(C)(C)C)cc(C(C)(C)C)cc2C(C)(C)C)c(O)c(C(C([2H])([2H])[2H])(C([2H])([2H])[2H])C([2H])([2H])[2H])c([2H])c1C(C([2H])([2H])[2H])(C([2H])([2H])[2H])C([2H])([2H])[2H].[Pt]. The van der Waals surface area contributed by atoms with E-state index >= 15 is 0 Å². The van der Waals surface area contributed by atoms with Crippen molar-refractivity contribution in [3.63, 3.8) is 0 Å². The van der Waals surface area contributed by atoms with Crippen LogP contribution in [0.25, 0.3) is 61.6 Å². The summed E-state index contributed by atoms with van der Waals surface area (Å²) in [4.78, 5) is 9.95. The number of pyridine rings is 1. The molecule has 7 rings (SSSR count). The van der Waals surface area contributed by atoms with Gasteiger partial charge in [0, 0.05) is 67.3 Å². The van der Waals surface area contributed by atoms with Crippen LogP contribution in [0.4, 0.5) is 0 Å². The first-order valence-corrected chi connectivity index (χ1v) is 23.3. The van der Waals surface area contributed by atoms with Crippen LogP contribution in [0.1, 0.15) is 221 Å². The molecule has 70 heavy (non-hydrogen) atoms. The molecule has 0 bridgehead atoms. The van der Waals surface area contributed by atoms with Gasteiger partial charge in [-0.25, -0.2) is 4.98 Å². The van der Waals surface area contributed by atoms with Crippen LogP contribution < -0.4 is 0 Å². The molecule has 5 aromatic carbocycles. The van der Waals surface area contributed by atoms with Gasteiger partial charge in [0.25, 0.3) is 0 Å². The molecular formula is C65H82N3OPt-. The van der Waals surface area contributed by atoms with E-state index in [2.05, 4.69) is 26.8 Å². The Balaban J connectivity index is 0.0000137. The van der Waals surface area contributed by atoms with Crippen molar-refractivity contribution in [1.29, 1.82) is 0 Å². The van der Waals surface area contributed by atoms with E-state index in [0.29, 0.717) is 44.6 Å². The number of hydrogen-bond acceptors (Lipinski definition) is 3. The maximum absolute atomic E-state index is 13.4. The van der Waals surface area contributed by atoms with Crippen LogP contribution in [0.3, 0.4) is 0 Å². The van der Waals surface area contributed by atoms with Gasteiger partial charge in [-0.1, -0.05) is 217 Å². The molecule has 0 saturated heterocycles. The summed E-state index contributed by atoms with van der Waals surface area (Å²) in [6, 6.07) is 21.7. The predicted octanol–water partition coefficient (Wildman–Crippen LogP) is 18.0. The fraction of sp³-hybridized carbons (Fsp3) is 0.446. The molecule has 0 unspecified atom stereocenters. The van der Waals surface area contributed by atoms with Crippen molar-refractivity contribution >= 4 is 11.0 Å². The van der Waals surface area contributed by atoms with Crippen LogP contribution in [0.15, 0.2) is 91.1 Å². The largest absolute Gasteiger partial charge is 0.507 e. The van der Waals surface area contributed by atoms with Gasteiger partial charge in [0.2, 0.25) is 0 Å². The molecule has 1 N–H and O–H groups in total. The summed E-state index contributed by atoms with van der Waals surface area (Å²) >= 11 is 0. The minimum absolute atomic E-state index is 0. The Kier molecular flexibility index (Phi) is 8.12. The minimum atomic E-state index is -4.47. The first-order chi connectivity index (χ1) is 41.0. The summed E-state index contributed by atoms with van der Waals surface area (Å²) in [5.74, 6) is -2.40. The van der Waals surface area contributed by atoms with Crippen molar-refractivity contribution in [1.82, 2.24) is 14.5 Å². The Hall–Kier alpha value is -4.79. The van der Waals surface area contributed by atoms with E-state index in [0.717, 1.165) is 11.1 Å². The van der Waals surface area contributed by atoms with E-state index in [1.54, 1.807) is 24.3 Å². The van der Waals surface area contributed by atoms with Crippen molar-refractivity contribution in [3.05, 3.63) is 142 Å². The standard InChI is InChI=1S/C65H82N3O.Pt/c1-39-38-66-53(37-48(39)40-26-28-43(29-27-40)59(2,3)4)42-30-41(31-44(32-42)60(5,6)7)47-24-23-25-54-55(47)67-58(49-33-45(61(8,9)10)36-52(57(49)69)65(20,21)22)68(54)56-50(63(14,15)16)34-46(62(11,12)13)35-51(56)64(17,18)19;/h23-29,31-38,69H,1-22H3;/q-1;/i1D3,8D3,9D3,10D3,20D3,21D3,22D3,33D,36D;. The van der Waals surface area contributed by atoms with Crippen molar-refractivity contribution in [2.45, 2.75) is 190 Å². The molecule has 5 heteroatoms. The van der Waals surface area contributed by atoms with E-state index in [4.69, 9.17) is 38.8 Å². The second kappa shape index (κ2) is 18.4. The first kappa shape index (κ1) is 30.9. The van der Waals surface area contributed by atoms with Gasteiger partial charge in [-0.2, -0.15) is 0 Å². The van der Waals surface area contributed by atoms with Gasteiger partial charge in [0.15, 0.2) is 0 Å². The average Bonchev–Trinajstić information content (AvgIpc) is 1.25. The summed E-state index contributed by atoms with van der Waals surface area (Å²) in [7, 11) is 0. The van der Waals surface area contributed by atoms with Crippen molar-refractivity contribution in [2.75, 3.05) is 0 Å². The fourth-order valence-corrected chi connectivity index (χ4v) is 8.59. The number of benzene rings is 5. The molecule has 4 nitrogen and oxygen atoms in total. The molecule has 0 atom stereocenters. The van der Waals surface area contributed by atoms with Crippen molar-refractivity contribution < 1.29 is 57.7 Å². The van der Waals surface area contributed by atoms with Crippen molar-refractivity contribution in [2.24, 2.45) is 0 Å². The molecule has 2 aromatic heterocycles. The van der Waals surface area contributed by atoms with Gasteiger partial charge >= 0.3 is 0 Å². The van der Waals surface area contributed by atoms with Gasteiger partial charge in [-0.3, -0.25) is 9.55 Å². The zero-order chi connectivity index (χ0) is 70.6. The van der Waals surface area contributed by atoms with Crippen molar-refractivity contribution in [3.8, 4) is 56.3 Å². The second-order valence-corrected chi connectivity index (χ2v) is 23.7. The number of aromatic nitrogens is 3. The van der Waals surface area contributed by atoms with E-state index in [9.17, 15) is 7.85 Å². The zero-order valence-corrected chi connectivity index (χ0v) is 45.4. The van der Waals surface area contributed by atoms with Gasteiger partial charge in [0.1, 0.15) is 11.6 Å². The molecule has 0 amide bonds. The molecule has 7 aromatic rings. The number of rotatable bonds is 5. The molecule has 0 fully saturated rings. The molecule has 0 spiro atoms. The molecule has 0 aliphatic heterocycles. The number of imidazole rings is 1. The Morgan fingerprint density at radius 3 is 1.63 bits per heavy atom. The number of fused-ring (bicyclic) bond motifs is 1. The third kappa shape index (κ3) is 10.8. The van der Waals surface area contributed by atoms with Crippen LogP contribution in [-0.4, -0.2) is 19.6 Å². The van der Waals surface area contributed by atoms with Crippen LogP contribution >= 0.6 is 0 Å². The summed E-state index contributed by atoms with van der Waals surface area (Å²) < 4.78 is 208. The Morgan fingerprint density at radius 1 is 0.543 bits per heavy atom. The Labute approximate surface area is 469 Å². The molecule has 374 valence electrons. The average molecular weight is 1140 g/mol. The fourth-order valence-electron chi connectivity index (χ4n) is 8.59. The van der Waals surface area contributed by atoms with Gasteiger partial charge < -0.3 is 5.11 Å². The number of hydrogen-bond donors (Lipinski definition) is 1. The molecular weight excluding hydrogens is 1030 g/mol. The number of para-hydroxylation sites is 1. The smallest absolute Gasteiger partial charge is 0.148 e. The van der Waals surface area contributed by atoms with Gasteiger partial charge in [0.05, 0.1) is 25.0 Å². The molecule has 0 aliphatic carbocycles. The first-order valence-electron chi connectivity index (χ1n) is 34.8. The number of phenolic OH excluding ortho intramolecular Hbond substituents is 1. The Bertz CT molecular complexity index is 3810. The van der Waals surface area contributed by atoms with E-state index in [-0.39, 0.29) is 54.3 Å². The van der Waals surface area contributed by atoms with Crippen LogP contribution in [0.2, 0.25) is 0 Å². The summed E-state index contributed by atoms with van der Waals surface area (Å²) in [6.45, 7) is 0.766. The van der Waals surface area contributed by atoms with E-state index in [1.165, 1.54) is 10.8 Å². The number of aromatic hydroxyl groups is 1. The third-order valence-corrected chi connectivity index (χ3v) is 12.7. The maximum atomic E-state index is 13.4. The van der Waals surface area contributed by atoms with Crippen LogP contribution in [-0.2, 0) is 59.0 Å². The maximum Gasteiger partial charge on any atom is 0.148 e. The molecule has 0 aliphatic rings. The summed E-state index contributed by atoms with van der Waals surface area (Å²) in [5, 5.41) is 13.4. The monoisotopic (exact) mass is 1140 g/mol. The number of nitrogens with zero attached hydrogens (tertiary/aromatic N) is 3. The number of phenols is 1. The zero-order valence-electron chi connectivity index (χ0n) is 66.1. The van der Waals surface area contributed by atoms with Crippen LogP contribution in [0, 0.1) is 12.9 Å². The topological polar surface area (TPSA) is 50.9 Å². The van der Waals surface area contributed by atoms with Gasteiger partial charge in [-0.15, -0.1) is 29.3 Å². The second-order valence-electron chi connectivity index (χ2n) is 23.7. The van der Waals surface area contributed by atoms with E-state index in [1.807, 2.05) is 132 Å². The third-order valence-electron chi connectivity index (χ3n) is 12.7. The molecule has 0 saturated carbocycles. The predicted molar refractivity (Wildman–Crippen MR) is 297 cm³/mol. The van der Waals surface area contributed by atoms with E-state index < -0.39 is 121 Å². The minimum Gasteiger partial charge on any atom is -0.507 e. The summed E-state index contributed by atoms with van der Waals surface area (Å²) in [5.41, 5.74) is -10.7. The number of aryl methyl sites for hydroxylation is 1.